The van der Waals surface area contributed by atoms with Gasteiger partial charge in [-0.15, -0.1) is 0 Å². The Morgan fingerprint density at radius 1 is 0.575 bits per heavy atom. The number of carbonyl (C=O) groups excluding carboxylic acids is 2. The minimum atomic E-state index is -0.0850. The summed E-state index contributed by atoms with van der Waals surface area (Å²) in [6.45, 7) is 5.81. The number of hydrogen-bond acceptors (Lipinski definition) is 6. The first kappa shape index (κ1) is 30.1. The van der Waals surface area contributed by atoms with Crippen LogP contribution in [0.3, 0.4) is 0 Å². The molecule has 1 saturated heterocycles. The summed E-state index contributed by atoms with van der Waals surface area (Å²) in [5, 5.41) is 0. The van der Waals surface area contributed by atoms with Crippen LogP contribution in [-0.4, -0.2) is 76.2 Å². The summed E-state index contributed by atoms with van der Waals surface area (Å²) in [7, 11) is 6.49. The van der Waals surface area contributed by atoms with E-state index in [9.17, 15) is 9.59 Å². The lowest BCUT2D eigenvalue weighted by atomic mass is 10.1. The molecule has 2 amide bonds. The van der Waals surface area contributed by atoms with Crippen molar-refractivity contribution in [2.45, 2.75) is 13.8 Å². The van der Waals surface area contributed by atoms with E-state index in [-0.39, 0.29) is 11.8 Å². The van der Waals surface area contributed by atoms with Gasteiger partial charge in [-0.3, -0.25) is 9.59 Å². The number of allylic oxidation sites excluding steroid dienone is 4. The third-order valence-electron chi connectivity index (χ3n) is 6.73. The summed E-state index contributed by atoms with van der Waals surface area (Å²) in [6, 6.07) is 7.67. The molecule has 8 nitrogen and oxygen atoms in total. The molecule has 0 aliphatic carbocycles. The van der Waals surface area contributed by atoms with Crippen molar-refractivity contribution in [3.63, 3.8) is 0 Å². The third-order valence-corrected chi connectivity index (χ3v) is 6.73. The predicted octanol–water partition coefficient (Wildman–Crippen LogP) is 4.85. The van der Waals surface area contributed by atoms with Gasteiger partial charge in [-0.05, 0) is 49.2 Å². The molecule has 0 radical (unpaired) electrons. The van der Waals surface area contributed by atoms with Crippen molar-refractivity contribution in [3.8, 4) is 23.0 Å². The van der Waals surface area contributed by atoms with Crippen LogP contribution in [0.25, 0.3) is 12.2 Å². The molecule has 0 spiro atoms. The molecule has 2 aromatic rings. The van der Waals surface area contributed by atoms with E-state index in [0.717, 1.165) is 45.3 Å². The number of methoxy groups -OCH3 is 4. The molecule has 0 atom stereocenters. The number of nitrogens with zero attached hydrogens (tertiary/aromatic N) is 2. The molecule has 1 aliphatic rings. The lowest BCUT2D eigenvalue weighted by Gasteiger charge is -2.33. The van der Waals surface area contributed by atoms with E-state index in [1.165, 1.54) is 12.2 Å². The minimum absolute atomic E-state index is 0.0850. The van der Waals surface area contributed by atoms with Crippen LogP contribution >= 0.6 is 0 Å². The Morgan fingerprint density at radius 2 is 0.875 bits per heavy atom. The molecule has 3 rings (SSSR count). The van der Waals surface area contributed by atoms with E-state index >= 15 is 0 Å². The standard InChI is InChI=1S/C32H38N2O6/c1-23-27(37-3)19-25(20-28(23)38-4)11-7-9-13-31(35)33-15-17-34(18-16-33)32(36)14-10-8-12-26-21-29(39-5)24(2)30(22-26)40-6/h7-14,19-22H,15-18H2,1-6H3/b11-7+,12-8+,13-9+,14-10+. The van der Waals surface area contributed by atoms with Crippen LogP contribution in [0.15, 0.2) is 60.7 Å². The fourth-order valence-corrected chi connectivity index (χ4v) is 4.37. The average molecular weight is 547 g/mol. The third kappa shape index (κ3) is 7.79. The van der Waals surface area contributed by atoms with Crippen LogP contribution in [0.4, 0.5) is 0 Å². The normalized spacial score (nSPS) is 14.1. The Kier molecular flexibility index (Phi) is 11.0. The average Bonchev–Trinajstić information content (AvgIpc) is 2.98. The van der Waals surface area contributed by atoms with Crippen molar-refractivity contribution < 1.29 is 28.5 Å². The van der Waals surface area contributed by atoms with Crippen LogP contribution in [0, 0.1) is 13.8 Å². The highest BCUT2D eigenvalue weighted by Gasteiger charge is 2.21. The van der Waals surface area contributed by atoms with Crippen molar-refractivity contribution in [1.29, 1.82) is 0 Å². The van der Waals surface area contributed by atoms with Gasteiger partial charge in [0.15, 0.2) is 0 Å². The van der Waals surface area contributed by atoms with Crippen molar-refractivity contribution in [2.75, 3.05) is 54.6 Å². The summed E-state index contributed by atoms with van der Waals surface area (Å²) < 4.78 is 21.6. The molecule has 8 heteroatoms. The van der Waals surface area contributed by atoms with E-state index in [1.807, 2.05) is 62.4 Å². The summed E-state index contributed by atoms with van der Waals surface area (Å²) in [6.07, 6.45) is 13.9. The predicted molar refractivity (Wildman–Crippen MR) is 158 cm³/mol. The van der Waals surface area contributed by atoms with E-state index in [2.05, 4.69) is 0 Å². The molecule has 40 heavy (non-hydrogen) atoms. The molecular weight excluding hydrogens is 508 g/mol. The molecule has 212 valence electrons. The molecule has 0 bridgehead atoms. The van der Waals surface area contributed by atoms with Crippen LogP contribution in [0.5, 0.6) is 23.0 Å². The second kappa shape index (κ2) is 14.6. The van der Waals surface area contributed by atoms with Gasteiger partial charge in [-0.1, -0.05) is 36.5 Å². The zero-order valence-corrected chi connectivity index (χ0v) is 24.1. The highest BCUT2D eigenvalue weighted by Crippen LogP contribution is 2.31. The molecule has 2 aromatic carbocycles. The van der Waals surface area contributed by atoms with Gasteiger partial charge in [-0.25, -0.2) is 0 Å². The molecule has 1 aliphatic heterocycles. The van der Waals surface area contributed by atoms with Gasteiger partial charge < -0.3 is 28.7 Å². The minimum Gasteiger partial charge on any atom is -0.496 e. The van der Waals surface area contributed by atoms with Gasteiger partial charge >= 0.3 is 0 Å². The van der Waals surface area contributed by atoms with Gasteiger partial charge in [0.05, 0.1) is 28.4 Å². The van der Waals surface area contributed by atoms with Crippen LogP contribution in [0.2, 0.25) is 0 Å². The summed E-state index contributed by atoms with van der Waals surface area (Å²) in [5.74, 6) is 2.79. The van der Waals surface area contributed by atoms with Gasteiger partial charge in [-0.2, -0.15) is 0 Å². The maximum absolute atomic E-state index is 12.6. The van der Waals surface area contributed by atoms with E-state index in [4.69, 9.17) is 18.9 Å². The van der Waals surface area contributed by atoms with Gasteiger partial charge in [0.25, 0.3) is 0 Å². The Balaban J connectivity index is 1.49. The van der Waals surface area contributed by atoms with Gasteiger partial charge in [0, 0.05) is 49.5 Å². The van der Waals surface area contributed by atoms with E-state index in [0.29, 0.717) is 26.2 Å². The fraction of sp³-hybridized carbons (Fsp3) is 0.312. The highest BCUT2D eigenvalue weighted by molar-refractivity contribution is 5.90. The summed E-state index contributed by atoms with van der Waals surface area (Å²) in [4.78, 5) is 28.7. The van der Waals surface area contributed by atoms with Crippen molar-refractivity contribution in [2.24, 2.45) is 0 Å². The zero-order chi connectivity index (χ0) is 29.1. The second-order valence-corrected chi connectivity index (χ2v) is 9.19. The SMILES string of the molecule is COc1cc(/C=C/C=C/C(=O)N2CCN(C(=O)/C=C/C=C/c3cc(OC)c(C)c(OC)c3)CC2)cc(OC)c1C. The summed E-state index contributed by atoms with van der Waals surface area (Å²) >= 11 is 0. The number of carbonyl (C=O) groups is 2. The number of piperazine rings is 1. The second-order valence-electron chi connectivity index (χ2n) is 9.19. The van der Waals surface area contributed by atoms with E-state index < -0.39 is 0 Å². The Hall–Kier alpha value is -4.46. The van der Waals surface area contributed by atoms with Gasteiger partial charge in [0.2, 0.25) is 11.8 Å². The molecular formula is C32H38N2O6. The molecule has 0 saturated carbocycles. The number of rotatable bonds is 10. The smallest absolute Gasteiger partial charge is 0.246 e. The van der Waals surface area contributed by atoms with Crippen molar-refractivity contribution >= 4 is 24.0 Å². The monoisotopic (exact) mass is 546 g/mol. The lowest BCUT2D eigenvalue weighted by Crippen LogP contribution is -2.49. The largest absolute Gasteiger partial charge is 0.496 e. The molecule has 0 aromatic heterocycles. The maximum atomic E-state index is 12.6. The maximum Gasteiger partial charge on any atom is 0.246 e. The first-order chi connectivity index (χ1) is 19.3. The number of hydrogen-bond donors (Lipinski definition) is 0. The molecule has 1 fully saturated rings. The van der Waals surface area contributed by atoms with Crippen molar-refractivity contribution in [1.82, 2.24) is 9.80 Å². The van der Waals surface area contributed by atoms with E-state index in [1.54, 1.807) is 50.4 Å². The number of benzene rings is 2. The first-order valence-corrected chi connectivity index (χ1v) is 13.0. The highest BCUT2D eigenvalue weighted by atomic mass is 16.5. The number of ether oxygens (including phenoxy) is 4. The Labute approximate surface area is 236 Å². The Bertz CT molecular complexity index is 1170. The molecule has 1 heterocycles. The fourth-order valence-electron chi connectivity index (χ4n) is 4.37. The molecule has 0 unspecified atom stereocenters. The van der Waals surface area contributed by atoms with Gasteiger partial charge in [0.1, 0.15) is 23.0 Å². The van der Waals surface area contributed by atoms with Crippen molar-refractivity contribution in [3.05, 3.63) is 83.0 Å². The number of amides is 2. The van der Waals surface area contributed by atoms with Crippen LogP contribution < -0.4 is 18.9 Å². The topological polar surface area (TPSA) is 77.5 Å². The molecule has 0 N–H and O–H groups in total. The summed E-state index contributed by atoms with van der Waals surface area (Å²) in [5.41, 5.74) is 3.68. The Morgan fingerprint density at radius 3 is 1.15 bits per heavy atom. The quantitative estimate of drug-likeness (QED) is 0.313. The van der Waals surface area contributed by atoms with Crippen LogP contribution in [-0.2, 0) is 9.59 Å². The zero-order valence-electron chi connectivity index (χ0n) is 24.1. The van der Waals surface area contributed by atoms with Crippen LogP contribution in [0.1, 0.15) is 22.3 Å². The first-order valence-electron chi connectivity index (χ1n) is 13.0. The lowest BCUT2D eigenvalue weighted by molar-refractivity contribution is -0.134.